The van der Waals surface area contributed by atoms with Crippen LogP contribution in [0.5, 0.6) is 0 Å². The van der Waals surface area contributed by atoms with Crippen LogP contribution in [0.15, 0.2) is 0 Å². The van der Waals surface area contributed by atoms with Crippen molar-refractivity contribution in [3.8, 4) is 0 Å². The molecule has 0 saturated carbocycles. The van der Waals surface area contributed by atoms with E-state index in [1.165, 1.54) is 0 Å². The summed E-state index contributed by atoms with van der Waals surface area (Å²) in [7, 11) is 0. The molecule has 0 aliphatic heterocycles. The number of aliphatic carboxylic acids is 3. The lowest BCUT2D eigenvalue weighted by Crippen LogP contribution is -2.60. The van der Waals surface area contributed by atoms with Crippen LogP contribution in [-0.2, 0) is 38.4 Å². The molecule has 19 heteroatoms. The SMILES string of the molecule is NC(=O)C[C@H](NC(=O)[C@H](CO)NC(=O)[C@H](CC(=O)O)NC(=O)[C@@H](N)CO)C(=O)N[C@@H](CC(=O)O)C(=O)O. The highest BCUT2D eigenvalue weighted by Crippen LogP contribution is 2.01. The largest absolute Gasteiger partial charge is 0.481 e. The summed E-state index contributed by atoms with van der Waals surface area (Å²) in [5.74, 6) is -11.1. The van der Waals surface area contributed by atoms with Crippen molar-refractivity contribution in [2.75, 3.05) is 13.2 Å². The lowest BCUT2D eigenvalue weighted by atomic mass is 10.1. The van der Waals surface area contributed by atoms with Crippen LogP contribution >= 0.6 is 0 Å². The molecule has 0 rings (SSSR count). The molecule has 5 atom stereocenters. The van der Waals surface area contributed by atoms with Crippen LogP contribution in [0.2, 0.25) is 0 Å². The van der Waals surface area contributed by atoms with Gasteiger partial charge in [-0.15, -0.1) is 0 Å². The number of carbonyl (C=O) groups is 8. The second-order valence-electron chi connectivity index (χ2n) is 7.42. The standard InChI is InChI=1S/C18H28N6O13/c19-6(4-25)14(32)21-8(2-12(28)29)16(34)24-10(5-26)17(35)22-7(1-11(20)27)15(33)23-9(18(36)37)3-13(30)31/h6-10,25-26H,1-5,19H2,(H2,20,27)(H,21,32)(H,22,35)(H,23,33)(H,24,34)(H,28,29)(H,30,31)(H,36,37)/t6-,7-,8-,9-,10-/m0/s1. The first-order chi connectivity index (χ1) is 17.1. The van der Waals surface area contributed by atoms with Crippen LogP contribution in [0.1, 0.15) is 19.3 Å². The fraction of sp³-hybridized carbons (Fsp3) is 0.556. The van der Waals surface area contributed by atoms with E-state index in [1.807, 2.05) is 16.0 Å². The van der Waals surface area contributed by atoms with E-state index < -0.39 is 110 Å². The van der Waals surface area contributed by atoms with Gasteiger partial charge in [0.1, 0.15) is 30.2 Å². The zero-order valence-corrected chi connectivity index (χ0v) is 19.1. The Labute approximate surface area is 207 Å². The van der Waals surface area contributed by atoms with Crippen molar-refractivity contribution < 1.29 is 63.9 Å². The summed E-state index contributed by atoms with van der Waals surface area (Å²) < 4.78 is 0. The number of carboxylic acids is 3. The van der Waals surface area contributed by atoms with E-state index in [2.05, 4.69) is 0 Å². The number of aliphatic hydroxyl groups excluding tert-OH is 2. The van der Waals surface area contributed by atoms with Gasteiger partial charge < -0.3 is 58.3 Å². The summed E-state index contributed by atoms with van der Waals surface area (Å²) in [6, 6.07) is -9.03. The second-order valence-corrected chi connectivity index (χ2v) is 7.42. The van der Waals surface area contributed by atoms with Gasteiger partial charge in [-0.2, -0.15) is 0 Å². The zero-order chi connectivity index (χ0) is 28.9. The molecule has 0 saturated heterocycles. The molecular weight excluding hydrogens is 508 g/mol. The molecule has 0 unspecified atom stereocenters. The average Bonchev–Trinajstić information content (AvgIpc) is 2.79. The summed E-state index contributed by atoms with van der Waals surface area (Å²) in [6.07, 6.45) is -2.95. The van der Waals surface area contributed by atoms with Crippen LogP contribution in [0.25, 0.3) is 0 Å². The number of nitrogens with one attached hydrogen (secondary N) is 4. The van der Waals surface area contributed by atoms with Gasteiger partial charge in [-0.1, -0.05) is 0 Å². The first kappa shape index (κ1) is 32.6. The Balaban J connectivity index is 5.61. The Morgan fingerprint density at radius 1 is 0.568 bits per heavy atom. The van der Waals surface area contributed by atoms with Crippen molar-refractivity contribution in [1.82, 2.24) is 21.3 Å². The molecule has 0 aromatic heterocycles. The highest BCUT2D eigenvalue weighted by Gasteiger charge is 2.33. The number of hydrogen-bond donors (Lipinski definition) is 11. The molecule has 19 nitrogen and oxygen atoms in total. The maximum absolute atomic E-state index is 12.5. The van der Waals surface area contributed by atoms with Crippen LogP contribution in [0.3, 0.4) is 0 Å². The van der Waals surface area contributed by atoms with Crippen molar-refractivity contribution >= 4 is 47.4 Å². The summed E-state index contributed by atoms with van der Waals surface area (Å²) in [6.45, 7) is -1.98. The van der Waals surface area contributed by atoms with E-state index in [4.69, 9.17) is 31.9 Å². The number of rotatable bonds is 17. The Morgan fingerprint density at radius 2 is 0.946 bits per heavy atom. The highest BCUT2D eigenvalue weighted by molar-refractivity contribution is 5.98. The summed E-state index contributed by atoms with van der Waals surface area (Å²) in [5.41, 5.74) is 10.3. The lowest BCUT2D eigenvalue weighted by Gasteiger charge is -2.24. The van der Waals surface area contributed by atoms with Crippen molar-refractivity contribution in [2.45, 2.75) is 49.5 Å². The topological polar surface area (TPSA) is 338 Å². The Kier molecular flexibility index (Phi) is 13.8. The monoisotopic (exact) mass is 536 g/mol. The number of carboxylic acid groups (broad SMARTS) is 3. The minimum absolute atomic E-state index is 0.840. The Morgan fingerprint density at radius 3 is 1.35 bits per heavy atom. The number of amides is 5. The number of aliphatic hydroxyl groups is 2. The normalized spacial score (nSPS) is 14.6. The molecule has 208 valence electrons. The summed E-state index contributed by atoms with van der Waals surface area (Å²) in [4.78, 5) is 93.5. The highest BCUT2D eigenvalue weighted by atomic mass is 16.4. The molecular formula is C18H28N6O13. The minimum Gasteiger partial charge on any atom is -0.481 e. The van der Waals surface area contributed by atoms with Crippen molar-refractivity contribution in [3.63, 3.8) is 0 Å². The van der Waals surface area contributed by atoms with E-state index in [0.717, 1.165) is 0 Å². The third kappa shape index (κ3) is 12.2. The fourth-order valence-electron chi connectivity index (χ4n) is 2.54. The van der Waals surface area contributed by atoms with Gasteiger partial charge in [0, 0.05) is 0 Å². The molecule has 13 N–H and O–H groups in total. The van der Waals surface area contributed by atoms with Gasteiger partial charge >= 0.3 is 17.9 Å². The first-order valence-corrected chi connectivity index (χ1v) is 10.3. The quantitative estimate of drug-likeness (QED) is 0.0823. The Bertz CT molecular complexity index is 911. The molecule has 0 fully saturated rings. The molecule has 0 aliphatic rings. The van der Waals surface area contributed by atoms with Gasteiger partial charge in [0.25, 0.3) is 0 Å². The van der Waals surface area contributed by atoms with Gasteiger partial charge in [-0.25, -0.2) is 4.79 Å². The Hall–Kier alpha value is -4.36. The number of primary amides is 1. The third-order valence-corrected chi connectivity index (χ3v) is 4.39. The van der Waals surface area contributed by atoms with E-state index in [-0.39, 0.29) is 0 Å². The van der Waals surface area contributed by atoms with E-state index in [9.17, 15) is 43.5 Å². The van der Waals surface area contributed by atoms with Crippen molar-refractivity contribution in [1.29, 1.82) is 0 Å². The molecule has 37 heavy (non-hydrogen) atoms. The number of carbonyl (C=O) groups excluding carboxylic acids is 5. The number of nitrogens with two attached hydrogens (primary N) is 2. The molecule has 0 heterocycles. The maximum atomic E-state index is 12.5. The van der Waals surface area contributed by atoms with Gasteiger partial charge in [-0.05, 0) is 0 Å². The van der Waals surface area contributed by atoms with Crippen molar-refractivity contribution in [3.05, 3.63) is 0 Å². The first-order valence-electron chi connectivity index (χ1n) is 10.3. The molecule has 5 amide bonds. The molecule has 0 aromatic carbocycles. The van der Waals surface area contributed by atoms with Crippen LogP contribution in [-0.4, -0.2) is 116 Å². The van der Waals surface area contributed by atoms with E-state index >= 15 is 0 Å². The van der Waals surface area contributed by atoms with Crippen LogP contribution < -0.4 is 32.7 Å². The predicted octanol–water partition coefficient (Wildman–Crippen LogP) is -6.85. The van der Waals surface area contributed by atoms with Crippen molar-refractivity contribution in [2.24, 2.45) is 11.5 Å². The maximum Gasteiger partial charge on any atom is 0.326 e. The second kappa shape index (κ2) is 15.6. The summed E-state index contributed by atoms with van der Waals surface area (Å²) >= 11 is 0. The van der Waals surface area contributed by atoms with Crippen LogP contribution in [0, 0.1) is 0 Å². The molecule has 0 bridgehead atoms. The lowest BCUT2D eigenvalue weighted by molar-refractivity contribution is -0.147. The predicted molar refractivity (Wildman–Crippen MR) is 116 cm³/mol. The average molecular weight is 536 g/mol. The summed E-state index contributed by atoms with van der Waals surface area (Å²) in [5, 5.41) is 52.7. The van der Waals surface area contributed by atoms with Gasteiger partial charge in [-0.3, -0.25) is 33.6 Å². The van der Waals surface area contributed by atoms with Gasteiger partial charge in [0.05, 0.1) is 32.5 Å². The third-order valence-electron chi connectivity index (χ3n) is 4.39. The smallest absolute Gasteiger partial charge is 0.326 e. The minimum atomic E-state index is -1.95. The molecule has 0 aromatic rings. The van der Waals surface area contributed by atoms with Crippen LogP contribution in [0.4, 0.5) is 0 Å². The van der Waals surface area contributed by atoms with Gasteiger partial charge in [0.15, 0.2) is 0 Å². The van der Waals surface area contributed by atoms with Gasteiger partial charge in [0.2, 0.25) is 29.5 Å². The fourth-order valence-corrected chi connectivity index (χ4v) is 2.54. The van der Waals surface area contributed by atoms with E-state index in [0.29, 0.717) is 0 Å². The molecule has 0 aliphatic carbocycles. The molecule has 0 radical (unpaired) electrons. The molecule has 0 spiro atoms. The zero-order valence-electron chi connectivity index (χ0n) is 19.1. The number of hydrogen-bond acceptors (Lipinski definition) is 11. The van der Waals surface area contributed by atoms with E-state index in [1.54, 1.807) is 5.32 Å².